The van der Waals surface area contributed by atoms with E-state index in [2.05, 4.69) is 5.16 Å². The summed E-state index contributed by atoms with van der Waals surface area (Å²) in [6.45, 7) is 3.99. The van der Waals surface area contributed by atoms with E-state index in [1.54, 1.807) is 13.0 Å². The molecule has 1 aromatic heterocycles. The molecule has 2 rings (SSSR count). The van der Waals surface area contributed by atoms with Crippen LogP contribution in [-0.4, -0.2) is 50.2 Å². The predicted octanol–water partition coefficient (Wildman–Crippen LogP) is 0.643. The summed E-state index contributed by atoms with van der Waals surface area (Å²) in [7, 11) is -3.34. The molecule has 2 N–H and O–H groups in total. The van der Waals surface area contributed by atoms with Gasteiger partial charge in [0, 0.05) is 25.8 Å². The standard InChI is InChI=1S/C13H23N3O4S/c1-11-9-12(15-20-11)10-21(17,18)16-6-3-13(4-7-16)19-8-2-5-14/h9,13H,2-8,10,14H2,1H3. The van der Waals surface area contributed by atoms with E-state index in [-0.39, 0.29) is 11.9 Å². The molecule has 120 valence electrons. The molecule has 0 spiro atoms. The van der Waals surface area contributed by atoms with Crippen molar-refractivity contribution in [3.05, 3.63) is 17.5 Å². The fourth-order valence-electron chi connectivity index (χ4n) is 2.37. The summed E-state index contributed by atoms with van der Waals surface area (Å²) in [6.07, 6.45) is 2.42. The van der Waals surface area contributed by atoms with Crippen LogP contribution in [0.25, 0.3) is 0 Å². The molecule has 1 aromatic rings. The largest absolute Gasteiger partial charge is 0.378 e. The fourth-order valence-corrected chi connectivity index (χ4v) is 3.83. The summed E-state index contributed by atoms with van der Waals surface area (Å²) in [5.74, 6) is 0.510. The van der Waals surface area contributed by atoms with Crippen LogP contribution in [0.4, 0.5) is 0 Å². The van der Waals surface area contributed by atoms with Gasteiger partial charge in [-0.1, -0.05) is 5.16 Å². The maximum atomic E-state index is 12.3. The SMILES string of the molecule is Cc1cc(CS(=O)(=O)N2CCC(OCCCN)CC2)no1. The number of piperidine rings is 1. The van der Waals surface area contributed by atoms with E-state index >= 15 is 0 Å². The van der Waals surface area contributed by atoms with Crippen molar-refractivity contribution in [3.63, 3.8) is 0 Å². The van der Waals surface area contributed by atoms with Gasteiger partial charge in [0.2, 0.25) is 10.0 Å². The Morgan fingerprint density at radius 1 is 1.48 bits per heavy atom. The molecule has 8 heteroatoms. The molecule has 0 unspecified atom stereocenters. The molecular formula is C13H23N3O4S. The second-order valence-corrected chi connectivity index (χ2v) is 7.27. The lowest BCUT2D eigenvalue weighted by Gasteiger charge is -2.31. The summed E-state index contributed by atoms with van der Waals surface area (Å²) in [4.78, 5) is 0. The van der Waals surface area contributed by atoms with Crippen LogP contribution in [0, 0.1) is 6.92 Å². The number of rotatable bonds is 7. The molecule has 2 heterocycles. The van der Waals surface area contributed by atoms with Gasteiger partial charge < -0.3 is 15.0 Å². The molecule has 7 nitrogen and oxygen atoms in total. The van der Waals surface area contributed by atoms with Crippen molar-refractivity contribution in [1.82, 2.24) is 9.46 Å². The van der Waals surface area contributed by atoms with Gasteiger partial charge in [-0.2, -0.15) is 0 Å². The second-order valence-electron chi connectivity index (χ2n) is 5.30. The van der Waals surface area contributed by atoms with E-state index in [1.807, 2.05) is 0 Å². The maximum Gasteiger partial charge on any atom is 0.219 e. The zero-order chi connectivity index (χ0) is 15.3. The Morgan fingerprint density at radius 3 is 2.76 bits per heavy atom. The van der Waals surface area contributed by atoms with Crippen LogP contribution in [-0.2, 0) is 20.5 Å². The highest BCUT2D eigenvalue weighted by Crippen LogP contribution is 2.19. The van der Waals surface area contributed by atoms with Gasteiger partial charge in [-0.15, -0.1) is 0 Å². The average molecular weight is 317 g/mol. The minimum Gasteiger partial charge on any atom is -0.378 e. The third-order valence-corrected chi connectivity index (χ3v) is 5.32. The zero-order valence-corrected chi connectivity index (χ0v) is 13.1. The van der Waals surface area contributed by atoms with Gasteiger partial charge in [0.1, 0.15) is 17.2 Å². The summed E-state index contributed by atoms with van der Waals surface area (Å²) in [6, 6.07) is 1.65. The van der Waals surface area contributed by atoms with Crippen molar-refractivity contribution in [1.29, 1.82) is 0 Å². The van der Waals surface area contributed by atoms with Crippen LogP contribution >= 0.6 is 0 Å². The van der Waals surface area contributed by atoms with Crippen LogP contribution in [0.5, 0.6) is 0 Å². The number of hydrogen-bond donors (Lipinski definition) is 1. The Morgan fingerprint density at radius 2 is 2.19 bits per heavy atom. The van der Waals surface area contributed by atoms with E-state index < -0.39 is 10.0 Å². The Hall–Kier alpha value is -0.960. The lowest BCUT2D eigenvalue weighted by Crippen LogP contribution is -2.41. The average Bonchev–Trinajstić information content (AvgIpc) is 2.84. The Kier molecular flexibility index (Phi) is 5.74. The van der Waals surface area contributed by atoms with Gasteiger partial charge in [0.05, 0.1) is 6.10 Å². The first-order valence-corrected chi connectivity index (χ1v) is 8.84. The molecule has 0 amide bonds. The third kappa shape index (κ3) is 4.77. The molecule has 1 aliphatic heterocycles. The van der Waals surface area contributed by atoms with Crippen molar-refractivity contribution >= 4 is 10.0 Å². The second kappa shape index (κ2) is 7.35. The molecule has 0 aromatic carbocycles. The topological polar surface area (TPSA) is 98.7 Å². The van der Waals surface area contributed by atoms with Gasteiger partial charge in [-0.05, 0) is 32.7 Å². The normalized spacial score (nSPS) is 18.2. The summed E-state index contributed by atoms with van der Waals surface area (Å²) < 4.78 is 36.7. The number of ether oxygens (including phenoxy) is 1. The molecule has 0 aliphatic carbocycles. The molecule has 0 atom stereocenters. The lowest BCUT2D eigenvalue weighted by atomic mass is 10.1. The van der Waals surface area contributed by atoms with Crippen LogP contribution in [0.2, 0.25) is 0 Å². The Bertz CT molecular complexity index is 535. The van der Waals surface area contributed by atoms with Crippen LogP contribution in [0.1, 0.15) is 30.7 Å². The van der Waals surface area contributed by atoms with Crippen molar-refractivity contribution < 1.29 is 17.7 Å². The number of aryl methyl sites for hydroxylation is 1. The van der Waals surface area contributed by atoms with Gasteiger partial charge in [-0.3, -0.25) is 0 Å². The highest BCUT2D eigenvalue weighted by Gasteiger charge is 2.29. The van der Waals surface area contributed by atoms with Gasteiger partial charge >= 0.3 is 0 Å². The molecule has 1 aliphatic rings. The van der Waals surface area contributed by atoms with E-state index in [1.165, 1.54) is 4.31 Å². The monoisotopic (exact) mass is 317 g/mol. The summed E-state index contributed by atoms with van der Waals surface area (Å²) in [5.41, 5.74) is 5.87. The molecule has 0 radical (unpaired) electrons. The van der Waals surface area contributed by atoms with Crippen LogP contribution < -0.4 is 5.73 Å². The quantitative estimate of drug-likeness (QED) is 0.741. The van der Waals surface area contributed by atoms with Crippen molar-refractivity contribution in [3.8, 4) is 0 Å². The van der Waals surface area contributed by atoms with E-state index in [4.69, 9.17) is 15.0 Å². The number of sulfonamides is 1. The molecule has 0 saturated carbocycles. The Labute approximate surface area is 125 Å². The number of aromatic nitrogens is 1. The summed E-state index contributed by atoms with van der Waals surface area (Å²) >= 11 is 0. The third-order valence-electron chi connectivity index (χ3n) is 3.50. The van der Waals surface area contributed by atoms with Crippen LogP contribution in [0.15, 0.2) is 10.6 Å². The Balaban J connectivity index is 1.83. The van der Waals surface area contributed by atoms with Crippen molar-refractivity contribution in [2.75, 3.05) is 26.2 Å². The molecular weight excluding hydrogens is 294 g/mol. The van der Waals surface area contributed by atoms with E-state index in [0.717, 1.165) is 19.3 Å². The van der Waals surface area contributed by atoms with E-state index in [9.17, 15) is 8.42 Å². The zero-order valence-electron chi connectivity index (χ0n) is 12.3. The number of nitrogens with two attached hydrogens (primary N) is 1. The maximum absolute atomic E-state index is 12.3. The van der Waals surface area contributed by atoms with Crippen molar-refractivity contribution in [2.24, 2.45) is 5.73 Å². The first-order chi connectivity index (χ1) is 10.0. The fraction of sp³-hybridized carbons (Fsp3) is 0.769. The van der Waals surface area contributed by atoms with Gasteiger partial charge in [-0.25, -0.2) is 12.7 Å². The molecule has 21 heavy (non-hydrogen) atoms. The van der Waals surface area contributed by atoms with Gasteiger partial charge in [0.15, 0.2) is 0 Å². The van der Waals surface area contributed by atoms with Crippen molar-refractivity contribution in [2.45, 2.75) is 38.0 Å². The van der Waals surface area contributed by atoms with Crippen LogP contribution in [0.3, 0.4) is 0 Å². The first kappa shape index (κ1) is 16.4. The molecule has 0 bridgehead atoms. The minimum absolute atomic E-state index is 0.108. The highest BCUT2D eigenvalue weighted by molar-refractivity contribution is 7.88. The molecule has 1 fully saturated rings. The van der Waals surface area contributed by atoms with Gasteiger partial charge in [0.25, 0.3) is 0 Å². The lowest BCUT2D eigenvalue weighted by molar-refractivity contribution is 0.0208. The number of hydrogen-bond acceptors (Lipinski definition) is 6. The minimum atomic E-state index is -3.34. The first-order valence-electron chi connectivity index (χ1n) is 7.23. The molecule has 1 saturated heterocycles. The summed E-state index contributed by atoms with van der Waals surface area (Å²) in [5, 5.41) is 3.74. The highest BCUT2D eigenvalue weighted by atomic mass is 32.2. The van der Waals surface area contributed by atoms with E-state index in [0.29, 0.717) is 37.7 Å². The predicted molar refractivity (Wildman–Crippen MR) is 78.1 cm³/mol. The number of nitrogens with zero attached hydrogens (tertiary/aromatic N) is 2. The smallest absolute Gasteiger partial charge is 0.219 e.